The average Bonchev–Trinajstić information content (AvgIpc) is 2.58. The van der Waals surface area contributed by atoms with Gasteiger partial charge in [0.05, 0.1) is 12.8 Å². The molecule has 2 rings (SSSR count). The van der Waals surface area contributed by atoms with Crippen LogP contribution in [-0.4, -0.2) is 28.6 Å². The Morgan fingerprint density at radius 1 is 1.33 bits per heavy atom. The first-order chi connectivity index (χ1) is 7.13. The Morgan fingerprint density at radius 2 is 2.00 bits per heavy atom. The van der Waals surface area contributed by atoms with E-state index >= 15 is 0 Å². The molecular formula is C9H12N2O3S. The summed E-state index contributed by atoms with van der Waals surface area (Å²) in [7, 11) is -1.74. The van der Waals surface area contributed by atoms with Crippen molar-refractivity contribution in [2.45, 2.75) is 0 Å². The maximum Gasteiger partial charge on any atom is 0.301 e. The molecule has 1 N–H and O–H groups in total. The van der Waals surface area contributed by atoms with Crippen LogP contribution < -0.4 is 13.8 Å². The summed E-state index contributed by atoms with van der Waals surface area (Å²) in [5.41, 5.74) is 0.654. The predicted molar refractivity (Wildman–Crippen MR) is 57.3 cm³/mol. The lowest BCUT2D eigenvalue weighted by molar-refractivity contribution is 0.415. The van der Waals surface area contributed by atoms with Gasteiger partial charge in [-0.3, -0.25) is 4.31 Å². The molecule has 82 valence electrons. The number of nitrogens with one attached hydrogen (secondary N) is 1. The Morgan fingerprint density at radius 3 is 2.47 bits per heavy atom. The van der Waals surface area contributed by atoms with Crippen LogP contribution in [0, 0.1) is 0 Å². The SMILES string of the molecule is COc1ccc(N2CCNS2(=O)=O)cc1. The molecule has 1 aromatic rings. The van der Waals surface area contributed by atoms with Gasteiger partial charge in [-0.2, -0.15) is 13.1 Å². The summed E-state index contributed by atoms with van der Waals surface area (Å²) < 4.78 is 31.8. The van der Waals surface area contributed by atoms with E-state index in [4.69, 9.17) is 4.74 Å². The molecule has 1 heterocycles. The summed E-state index contributed by atoms with van der Waals surface area (Å²) in [5, 5.41) is 0. The van der Waals surface area contributed by atoms with Crippen LogP contribution in [0.5, 0.6) is 5.75 Å². The van der Waals surface area contributed by atoms with Crippen molar-refractivity contribution in [2.75, 3.05) is 24.5 Å². The Hall–Kier alpha value is -1.27. The number of anilines is 1. The molecule has 0 spiro atoms. The zero-order valence-electron chi connectivity index (χ0n) is 8.30. The second kappa shape index (κ2) is 3.71. The van der Waals surface area contributed by atoms with Gasteiger partial charge in [-0.1, -0.05) is 0 Å². The van der Waals surface area contributed by atoms with Crippen molar-refractivity contribution in [1.82, 2.24) is 4.72 Å². The van der Waals surface area contributed by atoms with Crippen molar-refractivity contribution >= 4 is 15.9 Å². The van der Waals surface area contributed by atoms with E-state index in [1.807, 2.05) is 0 Å². The summed E-state index contributed by atoms with van der Waals surface area (Å²) in [6.07, 6.45) is 0. The van der Waals surface area contributed by atoms with Crippen molar-refractivity contribution in [3.8, 4) is 5.75 Å². The molecule has 0 aromatic heterocycles. The number of ether oxygens (including phenoxy) is 1. The molecule has 6 heteroatoms. The van der Waals surface area contributed by atoms with E-state index in [1.54, 1.807) is 31.4 Å². The molecule has 1 aliphatic rings. The fraction of sp³-hybridized carbons (Fsp3) is 0.333. The van der Waals surface area contributed by atoms with E-state index in [0.717, 1.165) is 0 Å². The van der Waals surface area contributed by atoms with Gasteiger partial charge >= 0.3 is 10.2 Å². The molecule has 0 unspecified atom stereocenters. The van der Waals surface area contributed by atoms with E-state index < -0.39 is 10.2 Å². The van der Waals surface area contributed by atoms with Crippen LogP contribution in [-0.2, 0) is 10.2 Å². The second-order valence-electron chi connectivity index (χ2n) is 3.17. The van der Waals surface area contributed by atoms with Crippen molar-refractivity contribution in [2.24, 2.45) is 0 Å². The summed E-state index contributed by atoms with van der Waals surface area (Å²) in [6, 6.07) is 6.93. The van der Waals surface area contributed by atoms with Gasteiger partial charge in [-0.15, -0.1) is 0 Å². The first-order valence-electron chi connectivity index (χ1n) is 4.55. The van der Waals surface area contributed by atoms with Gasteiger partial charge in [-0.25, -0.2) is 0 Å². The third-order valence-corrected chi connectivity index (χ3v) is 3.79. The number of benzene rings is 1. The van der Waals surface area contributed by atoms with E-state index in [-0.39, 0.29) is 0 Å². The molecule has 0 radical (unpaired) electrons. The van der Waals surface area contributed by atoms with E-state index in [1.165, 1.54) is 4.31 Å². The zero-order valence-corrected chi connectivity index (χ0v) is 9.12. The lowest BCUT2D eigenvalue weighted by Gasteiger charge is -2.15. The number of hydrogen-bond acceptors (Lipinski definition) is 3. The van der Waals surface area contributed by atoms with Crippen LogP contribution in [0.25, 0.3) is 0 Å². The Labute approximate surface area is 88.8 Å². The molecular weight excluding hydrogens is 216 g/mol. The van der Waals surface area contributed by atoms with Crippen molar-refractivity contribution in [3.05, 3.63) is 24.3 Å². The first kappa shape index (κ1) is 10.3. The van der Waals surface area contributed by atoms with E-state index in [2.05, 4.69) is 4.72 Å². The number of hydrogen-bond donors (Lipinski definition) is 1. The van der Waals surface area contributed by atoms with Gasteiger partial charge in [0.2, 0.25) is 0 Å². The lowest BCUT2D eigenvalue weighted by Crippen LogP contribution is -2.29. The Kier molecular flexibility index (Phi) is 2.54. The maximum absolute atomic E-state index is 11.5. The summed E-state index contributed by atoms with van der Waals surface area (Å²) in [6.45, 7) is 0.920. The highest BCUT2D eigenvalue weighted by Gasteiger charge is 2.27. The molecule has 0 aliphatic carbocycles. The van der Waals surface area contributed by atoms with Gasteiger partial charge in [0.15, 0.2) is 0 Å². The molecule has 15 heavy (non-hydrogen) atoms. The highest BCUT2D eigenvalue weighted by Crippen LogP contribution is 2.22. The van der Waals surface area contributed by atoms with Gasteiger partial charge in [-0.05, 0) is 24.3 Å². The Bertz CT molecular complexity index is 441. The molecule has 0 amide bonds. The molecule has 1 aromatic carbocycles. The molecule has 0 bridgehead atoms. The third-order valence-electron chi connectivity index (χ3n) is 2.25. The Balaban J connectivity index is 2.30. The van der Waals surface area contributed by atoms with E-state index in [0.29, 0.717) is 24.5 Å². The molecule has 1 aliphatic heterocycles. The maximum atomic E-state index is 11.5. The molecule has 5 nitrogen and oxygen atoms in total. The van der Waals surface area contributed by atoms with Gasteiger partial charge < -0.3 is 4.74 Å². The summed E-state index contributed by atoms with van der Waals surface area (Å²) in [4.78, 5) is 0. The monoisotopic (exact) mass is 228 g/mol. The van der Waals surface area contributed by atoms with Crippen LogP contribution in [0.4, 0.5) is 5.69 Å². The minimum atomic E-state index is -3.32. The van der Waals surface area contributed by atoms with Crippen LogP contribution in [0.1, 0.15) is 0 Å². The third kappa shape index (κ3) is 1.91. The van der Waals surface area contributed by atoms with Crippen molar-refractivity contribution in [1.29, 1.82) is 0 Å². The fourth-order valence-electron chi connectivity index (χ4n) is 1.49. The smallest absolute Gasteiger partial charge is 0.301 e. The van der Waals surface area contributed by atoms with E-state index in [9.17, 15) is 8.42 Å². The largest absolute Gasteiger partial charge is 0.497 e. The highest BCUT2D eigenvalue weighted by molar-refractivity contribution is 7.91. The quantitative estimate of drug-likeness (QED) is 0.794. The molecule has 1 saturated heterocycles. The van der Waals surface area contributed by atoms with Crippen LogP contribution in [0.15, 0.2) is 24.3 Å². The van der Waals surface area contributed by atoms with Gasteiger partial charge in [0.25, 0.3) is 0 Å². The van der Waals surface area contributed by atoms with Gasteiger partial charge in [0.1, 0.15) is 5.75 Å². The van der Waals surface area contributed by atoms with Crippen LogP contribution in [0.3, 0.4) is 0 Å². The molecule has 1 fully saturated rings. The van der Waals surface area contributed by atoms with Crippen molar-refractivity contribution < 1.29 is 13.2 Å². The lowest BCUT2D eigenvalue weighted by atomic mass is 10.3. The minimum Gasteiger partial charge on any atom is -0.497 e. The number of rotatable bonds is 2. The second-order valence-corrected chi connectivity index (χ2v) is 4.85. The summed E-state index contributed by atoms with van der Waals surface area (Å²) >= 11 is 0. The number of nitrogens with zero attached hydrogens (tertiary/aromatic N) is 1. The van der Waals surface area contributed by atoms with Crippen molar-refractivity contribution in [3.63, 3.8) is 0 Å². The summed E-state index contributed by atoms with van der Waals surface area (Å²) in [5.74, 6) is 0.711. The topological polar surface area (TPSA) is 58.6 Å². The fourth-order valence-corrected chi connectivity index (χ4v) is 2.73. The number of methoxy groups -OCH3 is 1. The highest BCUT2D eigenvalue weighted by atomic mass is 32.2. The van der Waals surface area contributed by atoms with Crippen LogP contribution >= 0.6 is 0 Å². The first-order valence-corrected chi connectivity index (χ1v) is 5.99. The normalized spacial score (nSPS) is 19.1. The van der Waals surface area contributed by atoms with Crippen LogP contribution in [0.2, 0.25) is 0 Å². The van der Waals surface area contributed by atoms with Gasteiger partial charge in [0, 0.05) is 13.1 Å². The predicted octanol–water partition coefficient (Wildman–Crippen LogP) is 0.350. The zero-order chi connectivity index (χ0) is 10.9. The minimum absolute atomic E-state index is 0.453. The molecule has 0 saturated carbocycles. The standard InChI is InChI=1S/C9H12N2O3S/c1-14-9-4-2-8(3-5-9)11-7-6-10-15(11,12)13/h2-5,10H,6-7H2,1H3. The average molecular weight is 228 g/mol. The molecule has 0 atom stereocenters.